The number of nitrogens with one attached hydrogen (secondary N) is 2. The lowest BCUT2D eigenvalue weighted by Crippen LogP contribution is -2.36. The van der Waals surface area contributed by atoms with Crippen LogP contribution in [0.2, 0.25) is 5.02 Å². The van der Waals surface area contributed by atoms with Gasteiger partial charge >= 0.3 is 0 Å². The minimum atomic E-state index is 0. The number of hydrogen-bond acceptors (Lipinski definition) is 3. The smallest absolute Gasteiger partial charge is 0.191 e. The molecule has 0 bridgehead atoms. The van der Waals surface area contributed by atoms with E-state index in [2.05, 4.69) is 20.6 Å². The molecule has 0 aliphatic rings. The van der Waals surface area contributed by atoms with Gasteiger partial charge in [-0.3, -0.25) is 4.99 Å². The maximum absolute atomic E-state index is 5.86. The van der Waals surface area contributed by atoms with Crippen molar-refractivity contribution in [2.75, 3.05) is 7.05 Å². The Kier molecular flexibility index (Phi) is 7.98. The summed E-state index contributed by atoms with van der Waals surface area (Å²) in [6.07, 6.45) is 1.89. The van der Waals surface area contributed by atoms with E-state index >= 15 is 0 Å². The van der Waals surface area contributed by atoms with Crippen LogP contribution in [0.1, 0.15) is 15.4 Å². The molecule has 21 heavy (non-hydrogen) atoms. The van der Waals surface area contributed by atoms with Gasteiger partial charge in [-0.2, -0.15) is 0 Å². The predicted octanol–water partition coefficient (Wildman–Crippen LogP) is 3.59. The van der Waals surface area contributed by atoms with Gasteiger partial charge in [0, 0.05) is 29.7 Å². The van der Waals surface area contributed by atoms with Gasteiger partial charge in [0.05, 0.1) is 11.6 Å². The molecule has 0 aliphatic carbocycles. The van der Waals surface area contributed by atoms with E-state index < -0.39 is 0 Å². The summed E-state index contributed by atoms with van der Waals surface area (Å²) in [5.41, 5.74) is 1.16. The van der Waals surface area contributed by atoms with Gasteiger partial charge in [-0.25, -0.2) is 4.98 Å². The number of guanidine groups is 1. The van der Waals surface area contributed by atoms with Gasteiger partial charge in [-0.05, 0) is 24.6 Å². The molecular formula is C14H18ClIN4S. The number of halogens is 2. The topological polar surface area (TPSA) is 49.3 Å². The molecule has 0 unspecified atom stereocenters. The summed E-state index contributed by atoms with van der Waals surface area (Å²) in [5, 5.41) is 8.35. The van der Waals surface area contributed by atoms with E-state index in [4.69, 9.17) is 11.6 Å². The van der Waals surface area contributed by atoms with E-state index in [0.29, 0.717) is 6.54 Å². The quantitative estimate of drug-likeness (QED) is 0.437. The summed E-state index contributed by atoms with van der Waals surface area (Å²) in [4.78, 5) is 9.61. The van der Waals surface area contributed by atoms with Crippen LogP contribution in [0, 0.1) is 6.92 Å². The van der Waals surface area contributed by atoms with Gasteiger partial charge < -0.3 is 10.6 Å². The van der Waals surface area contributed by atoms with Crippen molar-refractivity contribution in [3.8, 4) is 0 Å². The number of thiazole rings is 1. The zero-order valence-corrected chi connectivity index (χ0v) is 15.8. The number of benzene rings is 1. The predicted molar refractivity (Wildman–Crippen MR) is 101 cm³/mol. The Morgan fingerprint density at radius 2 is 1.90 bits per heavy atom. The molecule has 0 aliphatic heterocycles. The van der Waals surface area contributed by atoms with E-state index in [1.54, 1.807) is 18.4 Å². The lowest BCUT2D eigenvalue weighted by atomic mass is 10.2. The van der Waals surface area contributed by atoms with Crippen molar-refractivity contribution in [1.82, 2.24) is 15.6 Å². The number of aliphatic imine (C=N–C) groups is 1. The molecule has 0 radical (unpaired) electrons. The van der Waals surface area contributed by atoms with E-state index in [0.717, 1.165) is 28.1 Å². The Hall–Kier alpha value is -0.860. The molecule has 0 amide bonds. The first-order chi connectivity index (χ1) is 9.67. The molecule has 7 heteroatoms. The minimum Gasteiger partial charge on any atom is -0.352 e. The Balaban J connectivity index is 0.00000220. The number of aromatic nitrogens is 1. The number of nitrogens with zero attached hydrogens (tertiary/aromatic N) is 2. The highest BCUT2D eigenvalue weighted by Gasteiger charge is 2.01. The van der Waals surface area contributed by atoms with E-state index in [1.165, 1.54) is 4.88 Å². The zero-order chi connectivity index (χ0) is 14.4. The summed E-state index contributed by atoms with van der Waals surface area (Å²) in [7, 11) is 1.76. The molecule has 0 atom stereocenters. The third-order valence-electron chi connectivity index (χ3n) is 2.70. The fourth-order valence-electron chi connectivity index (χ4n) is 1.67. The van der Waals surface area contributed by atoms with Crippen molar-refractivity contribution in [3.63, 3.8) is 0 Å². The molecule has 1 heterocycles. The average Bonchev–Trinajstić information content (AvgIpc) is 2.87. The number of aryl methyl sites for hydroxylation is 1. The summed E-state index contributed by atoms with van der Waals surface area (Å²) in [5.74, 6) is 0.769. The highest BCUT2D eigenvalue weighted by molar-refractivity contribution is 14.0. The fourth-order valence-corrected chi connectivity index (χ4v) is 2.53. The standard InChI is InChI=1S/C14H17ClN4S.HI/c1-10-17-8-13(20-10)9-19-14(16-2)18-7-11-3-5-12(15)6-4-11;/h3-6,8H,7,9H2,1-2H3,(H2,16,18,19);1H. The third kappa shape index (κ3) is 6.19. The van der Waals surface area contributed by atoms with Crippen molar-refractivity contribution >= 4 is 52.9 Å². The van der Waals surface area contributed by atoms with Crippen LogP contribution < -0.4 is 10.6 Å². The van der Waals surface area contributed by atoms with Gasteiger partial charge in [-0.1, -0.05) is 23.7 Å². The van der Waals surface area contributed by atoms with E-state index in [9.17, 15) is 0 Å². The SMILES string of the molecule is CN=C(NCc1ccc(Cl)cc1)NCc1cnc(C)s1.I. The molecule has 0 fully saturated rings. The minimum absolute atomic E-state index is 0. The molecule has 2 N–H and O–H groups in total. The molecule has 114 valence electrons. The number of hydrogen-bond donors (Lipinski definition) is 2. The summed E-state index contributed by atoms with van der Waals surface area (Å²) in [6.45, 7) is 3.44. The van der Waals surface area contributed by atoms with Gasteiger partial charge in [0.1, 0.15) is 0 Å². The third-order valence-corrected chi connectivity index (χ3v) is 3.86. The van der Waals surface area contributed by atoms with Crippen LogP contribution >= 0.6 is 46.9 Å². The Morgan fingerprint density at radius 1 is 1.24 bits per heavy atom. The molecule has 0 saturated carbocycles. The maximum atomic E-state index is 5.86. The lowest BCUT2D eigenvalue weighted by Gasteiger charge is -2.11. The Morgan fingerprint density at radius 3 is 2.48 bits per heavy atom. The van der Waals surface area contributed by atoms with Crippen molar-refractivity contribution in [2.45, 2.75) is 20.0 Å². The zero-order valence-electron chi connectivity index (χ0n) is 11.9. The van der Waals surface area contributed by atoms with Crippen LogP contribution in [0.3, 0.4) is 0 Å². The van der Waals surface area contributed by atoms with Crippen LogP contribution in [-0.4, -0.2) is 18.0 Å². The van der Waals surface area contributed by atoms with Crippen LogP contribution in [0.5, 0.6) is 0 Å². The molecule has 0 spiro atoms. The Bertz CT molecular complexity index is 583. The summed E-state index contributed by atoms with van der Waals surface area (Å²) < 4.78 is 0. The van der Waals surface area contributed by atoms with E-state index in [-0.39, 0.29) is 24.0 Å². The molecule has 1 aromatic carbocycles. The second-order valence-corrected chi connectivity index (χ2v) is 6.01. The second-order valence-electron chi connectivity index (χ2n) is 4.25. The van der Waals surface area contributed by atoms with Crippen molar-refractivity contribution in [1.29, 1.82) is 0 Å². The van der Waals surface area contributed by atoms with Gasteiger partial charge in [0.2, 0.25) is 0 Å². The van der Waals surface area contributed by atoms with Crippen molar-refractivity contribution < 1.29 is 0 Å². The normalized spacial score (nSPS) is 10.9. The molecular weight excluding hydrogens is 419 g/mol. The Labute approximate surface area is 151 Å². The van der Waals surface area contributed by atoms with Gasteiger partial charge in [0.25, 0.3) is 0 Å². The van der Waals surface area contributed by atoms with E-state index in [1.807, 2.05) is 37.4 Å². The molecule has 4 nitrogen and oxygen atoms in total. The first-order valence-electron chi connectivity index (χ1n) is 6.27. The number of rotatable bonds is 4. The maximum Gasteiger partial charge on any atom is 0.191 e. The monoisotopic (exact) mass is 436 g/mol. The van der Waals surface area contributed by atoms with Crippen LogP contribution in [0.4, 0.5) is 0 Å². The lowest BCUT2D eigenvalue weighted by molar-refractivity contribution is 0.814. The van der Waals surface area contributed by atoms with Crippen LogP contribution in [-0.2, 0) is 13.1 Å². The highest BCUT2D eigenvalue weighted by Crippen LogP contribution is 2.11. The highest BCUT2D eigenvalue weighted by atomic mass is 127. The first kappa shape index (κ1) is 18.2. The van der Waals surface area contributed by atoms with Crippen LogP contribution in [0.15, 0.2) is 35.5 Å². The molecule has 2 aromatic rings. The average molecular weight is 437 g/mol. The van der Waals surface area contributed by atoms with Crippen molar-refractivity contribution in [3.05, 3.63) is 50.9 Å². The summed E-state index contributed by atoms with van der Waals surface area (Å²) >= 11 is 7.55. The first-order valence-corrected chi connectivity index (χ1v) is 7.47. The van der Waals surface area contributed by atoms with Crippen LogP contribution in [0.25, 0.3) is 0 Å². The largest absolute Gasteiger partial charge is 0.352 e. The summed E-state index contributed by atoms with van der Waals surface area (Å²) in [6, 6.07) is 7.76. The van der Waals surface area contributed by atoms with Gasteiger partial charge in [-0.15, -0.1) is 35.3 Å². The molecule has 2 rings (SSSR count). The fraction of sp³-hybridized carbons (Fsp3) is 0.286. The van der Waals surface area contributed by atoms with Crippen molar-refractivity contribution in [2.24, 2.45) is 4.99 Å². The second kappa shape index (κ2) is 9.22. The van der Waals surface area contributed by atoms with Gasteiger partial charge in [0.15, 0.2) is 5.96 Å². The molecule has 0 saturated heterocycles. The molecule has 1 aromatic heterocycles.